The smallest absolute Gasteiger partial charge is 0.411 e. The van der Waals surface area contributed by atoms with E-state index in [2.05, 4.69) is 31.4 Å². The van der Waals surface area contributed by atoms with E-state index in [0.717, 1.165) is 33.9 Å². The first-order valence-corrected chi connectivity index (χ1v) is 9.28. The molecule has 3 aromatic rings. The number of carbonyl (C=O) groups excluding carboxylic acids is 1. The lowest BCUT2D eigenvalue weighted by atomic mass is 10.2. The molecule has 0 spiro atoms. The molecule has 0 saturated heterocycles. The van der Waals surface area contributed by atoms with E-state index < -0.39 is 17.6 Å². The number of carbonyl (C=O) groups is 1. The molecule has 0 aliphatic carbocycles. The van der Waals surface area contributed by atoms with Gasteiger partial charge in [0.2, 0.25) is 11.8 Å². The van der Waals surface area contributed by atoms with Crippen molar-refractivity contribution >= 4 is 39.3 Å². The molecule has 0 unspecified atom stereocenters. The lowest BCUT2D eigenvalue weighted by molar-refractivity contribution is -0.137. The Hall–Kier alpha value is -2.33. The number of nitrogens with one attached hydrogen (secondary N) is 1. The number of aromatic nitrogens is 2. The molecule has 0 saturated carbocycles. The normalized spacial score (nSPS) is 11.4. The third kappa shape index (κ3) is 5.33. The maximum Gasteiger partial charge on any atom is 0.416 e. The molecule has 0 aliphatic heterocycles. The van der Waals surface area contributed by atoms with Gasteiger partial charge in [0.05, 0.1) is 11.3 Å². The SMILES string of the molecule is O=C(CSc1nnc(-c2ccc(Br)cc2)o1)Nc1cccc(C(F)(F)F)c1. The van der Waals surface area contributed by atoms with E-state index in [1.807, 2.05) is 12.1 Å². The molecular formula is C17H11BrF3N3O2S. The third-order valence-corrected chi connectivity index (χ3v) is 4.65. The van der Waals surface area contributed by atoms with Crippen LogP contribution < -0.4 is 5.32 Å². The van der Waals surface area contributed by atoms with Gasteiger partial charge in [0, 0.05) is 15.7 Å². The van der Waals surface area contributed by atoms with Crippen LogP contribution in [0.25, 0.3) is 11.5 Å². The summed E-state index contributed by atoms with van der Waals surface area (Å²) in [4.78, 5) is 12.0. The number of anilines is 1. The third-order valence-electron chi connectivity index (χ3n) is 3.30. The molecule has 5 nitrogen and oxygen atoms in total. The molecule has 0 radical (unpaired) electrons. The topological polar surface area (TPSA) is 68.0 Å². The summed E-state index contributed by atoms with van der Waals surface area (Å²) < 4.78 is 44.5. The number of hydrogen-bond acceptors (Lipinski definition) is 5. The highest BCUT2D eigenvalue weighted by atomic mass is 79.9. The Morgan fingerprint density at radius 2 is 1.89 bits per heavy atom. The van der Waals surface area contributed by atoms with E-state index >= 15 is 0 Å². The van der Waals surface area contributed by atoms with Gasteiger partial charge in [-0.05, 0) is 42.5 Å². The zero-order valence-corrected chi connectivity index (χ0v) is 15.9. The van der Waals surface area contributed by atoms with Gasteiger partial charge in [-0.2, -0.15) is 13.2 Å². The molecular weight excluding hydrogens is 447 g/mol. The fourth-order valence-electron chi connectivity index (χ4n) is 2.07. The van der Waals surface area contributed by atoms with E-state index in [1.165, 1.54) is 12.1 Å². The summed E-state index contributed by atoms with van der Waals surface area (Å²) in [5.41, 5.74) is -0.0357. The van der Waals surface area contributed by atoms with Gasteiger partial charge >= 0.3 is 6.18 Å². The number of halogens is 4. The monoisotopic (exact) mass is 457 g/mol. The Morgan fingerprint density at radius 1 is 1.15 bits per heavy atom. The summed E-state index contributed by atoms with van der Waals surface area (Å²) in [6.45, 7) is 0. The summed E-state index contributed by atoms with van der Waals surface area (Å²) in [5, 5.41) is 10.4. The van der Waals surface area contributed by atoms with Crippen molar-refractivity contribution in [1.29, 1.82) is 0 Å². The second kappa shape index (κ2) is 8.13. The van der Waals surface area contributed by atoms with Crippen molar-refractivity contribution in [3.63, 3.8) is 0 Å². The average Bonchev–Trinajstić information content (AvgIpc) is 3.09. The predicted molar refractivity (Wildman–Crippen MR) is 98.2 cm³/mol. The van der Waals surface area contributed by atoms with Crippen molar-refractivity contribution < 1.29 is 22.4 Å². The minimum Gasteiger partial charge on any atom is -0.411 e. The Labute approximate surface area is 164 Å². The lowest BCUT2D eigenvalue weighted by Crippen LogP contribution is -2.15. The van der Waals surface area contributed by atoms with Gasteiger partial charge in [-0.25, -0.2) is 0 Å². The number of rotatable bonds is 5. The minimum absolute atomic E-state index is 0.0662. The Balaban J connectivity index is 1.58. The fraction of sp³-hybridized carbons (Fsp3) is 0.118. The summed E-state index contributed by atoms with van der Waals surface area (Å²) >= 11 is 4.32. The van der Waals surface area contributed by atoms with Crippen molar-refractivity contribution in [3.05, 3.63) is 58.6 Å². The maximum absolute atomic E-state index is 12.7. The van der Waals surface area contributed by atoms with Gasteiger partial charge < -0.3 is 9.73 Å². The average molecular weight is 458 g/mol. The number of benzene rings is 2. The zero-order chi connectivity index (χ0) is 19.4. The Morgan fingerprint density at radius 3 is 2.59 bits per heavy atom. The summed E-state index contributed by atoms with van der Waals surface area (Å²) in [6, 6.07) is 11.7. The van der Waals surface area contributed by atoms with Gasteiger partial charge in [0.25, 0.3) is 5.22 Å². The van der Waals surface area contributed by atoms with Gasteiger partial charge in [0.1, 0.15) is 0 Å². The quantitative estimate of drug-likeness (QED) is 0.530. The van der Waals surface area contributed by atoms with Crippen molar-refractivity contribution in [2.75, 3.05) is 11.1 Å². The Kier molecular flexibility index (Phi) is 5.85. The Bertz CT molecular complexity index is 945. The molecule has 1 heterocycles. The number of hydrogen-bond donors (Lipinski definition) is 1. The number of alkyl halides is 3. The van der Waals surface area contributed by atoms with Crippen LogP contribution in [-0.2, 0) is 11.0 Å². The fourth-order valence-corrected chi connectivity index (χ4v) is 2.90. The molecule has 1 aromatic heterocycles. The predicted octanol–water partition coefficient (Wildman–Crippen LogP) is 5.25. The molecule has 1 N–H and O–H groups in total. The molecule has 27 heavy (non-hydrogen) atoms. The van der Waals surface area contributed by atoms with Crippen molar-refractivity contribution in [3.8, 4) is 11.5 Å². The van der Waals surface area contributed by atoms with Crippen LogP contribution in [0.3, 0.4) is 0 Å². The molecule has 140 valence electrons. The zero-order valence-electron chi connectivity index (χ0n) is 13.5. The second-order valence-corrected chi connectivity index (χ2v) is 7.14. The van der Waals surface area contributed by atoms with Crippen LogP contribution >= 0.6 is 27.7 Å². The van der Waals surface area contributed by atoms with E-state index in [9.17, 15) is 18.0 Å². The first-order chi connectivity index (χ1) is 12.8. The number of thioether (sulfide) groups is 1. The molecule has 0 fully saturated rings. The molecule has 3 rings (SSSR count). The van der Waals surface area contributed by atoms with E-state index in [-0.39, 0.29) is 16.7 Å². The van der Waals surface area contributed by atoms with E-state index in [0.29, 0.717) is 5.89 Å². The van der Waals surface area contributed by atoms with Crippen LogP contribution in [0.15, 0.2) is 62.6 Å². The van der Waals surface area contributed by atoms with Gasteiger partial charge in [0.15, 0.2) is 0 Å². The van der Waals surface area contributed by atoms with Gasteiger partial charge in [-0.1, -0.05) is 33.8 Å². The lowest BCUT2D eigenvalue weighted by Gasteiger charge is -2.09. The molecule has 1 amide bonds. The number of nitrogens with zero attached hydrogens (tertiary/aromatic N) is 2. The van der Waals surface area contributed by atoms with Crippen LogP contribution in [0.2, 0.25) is 0 Å². The van der Waals surface area contributed by atoms with Crippen LogP contribution in [0.4, 0.5) is 18.9 Å². The van der Waals surface area contributed by atoms with E-state index in [4.69, 9.17) is 4.42 Å². The van der Waals surface area contributed by atoms with Crippen LogP contribution in [-0.4, -0.2) is 21.9 Å². The standard InChI is InChI=1S/C17H11BrF3N3O2S/c18-12-6-4-10(5-7-12)15-23-24-16(26-15)27-9-14(25)22-13-3-1-2-11(8-13)17(19,20)21/h1-8H,9H2,(H,22,25). The maximum atomic E-state index is 12.7. The molecule has 0 bridgehead atoms. The molecule has 10 heteroatoms. The van der Waals surface area contributed by atoms with Crippen LogP contribution in [0.5, 0.6) is 0 Å². The van der Waals surface area contributed by atoms with Gasteiger partial charge in [-0.3, -0.25) is 4.79 Å². The minimum atomic E-state index is -4.47. The largest absolute Gasteiger partial charge is 0.416 e. The highest BCUT2D eigenvalue weighted by molar-refractivity contribution is 9.10. The van der Waals surface area contributed by atoms with Crippen LogP contribution in [0, 0.1) is 0 Å². The molecule has 0 aliphatic rings. The number of amides is 1. The summed E-state index contributed by atoms with van der Waals surface area (Å²) in [5.74, 6) is -0.260. The van der Waals surface area contributed by atoms with E-state index in [1.54, 1.807) is 12.1 Å². The van der Waals surface area contributed by atoms with Crippen molar-refractivity contribution in [1.82, 2.24) is 10.2 Å². The highest BCUT2D eigenvalue weighted by Gasteiger charge is 2.30. The molecule has 2 aromatic carbocycles. The van der Waals surface area contributed by atoms with Gasteiger partial charge in [-0.15, -0.1) is 10.2 Å². The second-order valence-electron chi connectivity index (χ2n) is 5.30. The van der Waals surface area contributed by atoms with Crippen molar-refractivity contribution in [2.24, 2.45) is 0 Å². The highest BCUT2D eigenvalue weighted by Crippen LogP contribution is 2.31. The summed E-state index contributed by atoms with van der Waals surface area (Å²) in [7, 11) is 0. The van der Waals surface area contributed by atoms with Crippen LogP contribution in [0.1, 0.15) is 5.56 Å². The first-order valence-electron chi connectivity index (χ1n) is 7.50. The molecule has 0 atom stereocenters. The first kappa shape index (κ1) is 19.4. The summed E-state index contributed by atoms with van der Waals surface area (Å²) in [6.07, 6.45) is -4.47. The van der Waals surface area contributed by atoms with Crippen molar-refractivity contribution in [2.45, 2.75) is 11.4 Å².